The van der Waals surface area contributed by atoms with Crippen LogP contribution in [0.5, 0.6) is 5.75 Å². The van der Waals surface area contributed by atoms with Crippen LogP contribution < -0.4 is 10.1 Å². The zero-order valence-corrected chi connectivity index (χ0v) is 14.1. The lowest BCUT2D eigenvalue weighted by atomic mass is 10.1. The van der Waals surface area contributed by atoms with Crippen LogP contribution in [0, 0.1) is 0 Å². The summed E-state index contributed by atoms with van der Waals surface area (Å²) in [5.74, 6) is 0.953. The van der Waals surface area contributed by atoms with Gasteiger partial charge in [-0.25, -0.2) is 0 Å². The Morgan fingerprint density at radius 3 is 2.71 bits per heavy atom. The zero-order valence-electron chi connectivity index (χ0n) is 12.5. The number of nitrogens with one attached hydrogen (secondary N) is 1. The minimum absolute atomic E-state index is 0.269. The maximum atomic E-state index is 5.81. The molecule has 0 radical (unpaired) electrons. The molecule has 1 atom stereocenters. The van der Waals surface area contributed by atoms with E-state index in [0.717, 1.165) is 29.8 Å². The van der Waals surface area contributed by atoms with Gasteiger partial charge in [-0.2, -0.15) is 0 Å². The highest BCUT2D eigenvalue weighted by atomic mass is 79.9. The second-order valence-electron chi connectivity index (χ2n) is 4.98. The van der Waals surface area contributed by atoms with Crippen molar-refractivity contribution in [3.05, 3.63) is 58.3 Å². The van der Waals surface area contributed by atoms with Gasteiger partial charge in [0.1, 0.15) is 5.75 Å². The Bertz CT molecular complexity index is 560. The molecule has 21 heavy (non-hydrogen) atoms. The van der Waals surface area contributed by atoms with Crippen molar-refractivity contribution in [3.8, 4) is 5.75 Å². The highest BCUT2D eigenvalue weighted by Gasteiger charge is 2.08. The number of halogens is 1. The van der Waals surface area contributed by atoms with E-state index in [4.69, 9.17) is 4.74 Å². The molecule has 4 heteroatoms. The first kappa shape index (κ1) is 16.0. The predicted octanol–water partition coefficient (Wildman–Crippen LogP) is 4.48. The highest BCUT2D eigenvalue weighted by molar-refractivity contribution is 9.10. The third-order valence-electron chi connectivity index (χ3n) is 3.29. The summed E-state index contributed by atoms with van der Waals surface area (Å²) in [6.07, 6.45) is 4.65. The average Bonchev–Trinajstić information content (AvgIpc) is 2.52. The Labute approximate surface area is 134 Å². The van der Waals surface area contributed by atoms with Crippen molar-refractivity contribution in [1.29, 1.82) is 0 Å². The summed E-state index contributed by atoms with van der Waals surface area (Å²) in [6, 6.07) is 10.5. The molecule has 1 heterocycles. The monoisotopic (exact) mass is 348 g/mol. The third kappa shape index (κ3) is 4.83. The third-order valence-corrected chi connectivity index (χ3v) is 3.78. The molecule has 0 saturated heterocycles. The Morgan fingerprint density at radius 2 is 2.00 bits per heavy atom. The fourth-order valence-electron chi connectivity index (χ4n) is 2.07. The van der Waals surface area contributed by atoms with Crippen LogP contribution in [-0.2, 0) is 6.54 Å². The lowest BCUT2D eigenvalue weighted by molar-refractivity contribution is 0.313. The van der Waals surface area contributed by atoms with Gasteiger partial charge in [0.25, 0.3) is 0 Å². The maximum Gasteiger partial charge on any atom is 0.123 e. The summed E-state index contributed by atoms with van der Waals surface area (Å²) in [7, 11) is 0. The molecule has 0 aliphatic heterocycles. The summed E-state index contributed by atoms with van der Waals surface area (Å²) < 4.78 is 6.88. The van der Waals surface area contributed by atoms with Crippen molar-refractivity contribution < 1.29 is 4.74 Å². The molecule has 1 aromatic heterocycles. The van der Waals surface area contributed by atoms with Crippen molar-refractivity contribution >= 4 is 15.9 Å². The number of rotatable bonds is 7. The van der Waals surface area contributed by atoms with Crippen LogP contribution in [0.3, 0.4) is 0 Å². The first-order valence-corrected chi connectivity index (χ1v) is 8.04. The fourth-order valence-corrected chi connectivity index (χ4v) is 2.48. The topological polar surface area (TPSA) is 34.1 Å². The van der Waals surface area contributed by atoms with Crippen LogP contribution in [0.25, 0.3) is 0 Å². The largest absolute Gasteiger partial charge is 0.493 e. The molecule has 0 spiro atoms. The van der Waals surface area contributed by atoms with Crippen LogP contribution >= 0.6 is 15.9 Å². The molecular formula is C17H21BrN2O. The summed E-state index contributed by atoms with van der Waals surface area (Å²) in [4.78, 5) is 4.05. The summed E-state index contributed by atoms with van der Waals surface area (Å²) in [5, 5.41) is 3.53. The molecule has 112 valence electrons. The molecule has 0 aliphatic rings. The molecule has 0 amide bonds. The van der Waals surface area contributed by atoms with Crippen molar-refractivity contribution in [2.24, 2.45) is 0 Å². The van der Waals surface area contributed by atoms with Crippen molar-refractivity contribution in [2.45, 2.75) is 32.9 Å². The molecule has 0 saturated carbocycles. The summed E-state index contributed by atoms with van der Waals surface area (Å²) in [5.41, 5.74) is 2.40. The van der Waals surface area contributed by atoms with Gasteiger partial charge in [-0.1, -0.05) is 22.9 Å². The van der Waals surface area contributed by atoms with Crippen LogP contribution in [0.4, 0.5) is 0 Å². The van der Waals surface area contributed by atoms with E-state index in [-0.39, 0.29) is 6.04 Å². The molecule has 1 unspecified atom stereocenters. The number of ether oxygens (including phenoxy) is 1. The van der Waals surface area contributed by atoms with Gasteiger partial charge in [-0.3, -0.25) is 4.98 Å². The van der Waals surface area contributed by atoms with E-state index in [1.54, 1.807) is 0 Å². The molecule has 1 aromatic carbocycles. The Hall–Kier alpha value is -1.39. The van der Waals surface area contributed by atoms with Crippen molar-refractivity contribution in [1.82, 2.24) is 10.3 Å². The van der Waals surface area contributed by atoms with Crippen molar-refractivity contribution in [3.63, 3.8) is 0 Å². The average molecular weight is 349 g/mol. The van der Waals surface area contributed by atoms with E-state index in [1.165, 1.54) is 11.1 Å². The molecule has 2 aromatic rings. The molecular weight excluding hydrogens is 328 g/mol. The maximum absolute atomic E-state index is 5.81. The number of benzene rings is 1. The number of nitrogens with zero attached hydrogens (tertiary/aromatic N) is 1. The summed E-state index contributed by atoms with van der Waals surface area (Å²) >= 11 is 3.52. The van der Waals surface area contributed by atoms with Crippen LogP contribution in [0.1, 0.15) is 37.4 Å². The predicted molar refractivity (Wildman–Crippen MR) is 89.4 cm³/mol. The van der Waals surface area contributed by atoms with Gasteiger partial charge < -0.3 is 10.1 Å². The highest BCUT2D eigenvalue weighted by Crippen LogP contribution is 2.24. The van der Waals surface area contributed by atoms with Crippen LogP contribution in [0.15, 0.2) is 47.2 Å². The number of hydrogen-bond donors (Lipinski definition) is 1. The van der Waals surface area contributed by atoms with E-state index in [2.05, 4.69) is 46.1 Å². The first-order valence-electron chi connectivity index (χ1n) is 7.25. The standard InChI is InChI=1S/C17H21BrN2O/c1-3-10-21-17-5-4-16(18)11-15(17)12-20-13(2)14-6-8-19-9-7-14/h4-9,11,13,20H,3,10,12H2,1-2H3. The molecule has 0 aliphatic carbocycles. The molecule has 0 fully saturated rings. The molecule has 2 rings (SSSR count). The molecule has 3 nitrogen and oxygen atoms in total. The minimum Gasteiger partial charge on any atom is -0.493 e. The number of pyridine rings is 1. The van der Waals surface area contributed by atoms with Gasteiger partial charge >= 0.3 is 0 Å². The normalized spacial score (nSPS) is 12.1. The first-order chi connectivity index (χ1) is 10.2. The van der Waals surface area contributed by atoms with Crippen LogP contribution in [-0.4, -0.2) is 11.6 Å². The quantitative estimate of drug-likeness (QED) is 0.800. The van der Waals surface area contributed by atoms with Gasteiger partial charge in [-0.15, -0.1) is 0 Å². The second-order valence-corrected chi connectivity index (χ2v) is 5.90. The Balaban J connectivity index is 2.03. The SMILES string of the molecule is CCCOc1ccc(Br)cc1CNC(C)c1ccncc1. The van der Waals surface area contributed by atoms with Gasteiger partial charge in [0, 0.05) is 35.0 Å². The molecule has 0 bridgehead atoms. The van der Waals surface area contributed by atoms with E-state index in [1.807, 2.05) is 36.7 Å². The van der Waals surface area contributed by atoms with E-state index in [0.29, 0.717) is 0 Å². The van der Waals surface area contributed by atoms with Crippen LogP contribution in [0.2, 0.25) is 0 Å². The Morgan fingerprint density at radius 1 is 1.24 bits per heavy atom. The van der Waals surface area contributed by atoms with Crippen molar-refractivity contribution in [2.75, 3.05) is 6.61 Å². The van der Waals surface area contributed by atoms with Gasteiger partial charge in [0.2, 0.25) is 0 Å². The summed E-state index contributed by atoms with van der Waals surface area (Å²) in [6.45, 7) is 5.78. The lowest BCUT2D eigenvalue weighted by Crippen LogP contribution is -2.18. The van der Waals surface area contributed by atoms with Gasteiger partial charge in [0.15, 0.2) is 0 Å². The fraction of sp³-hybridized carbons (Fsp3) is 0.353. The number of aromatic nitrogens is 1. The second kappa shape index (κ2) is 8.15. The zero-order chi connectivity index (χ0) is 15.1. The minimum atomic E-state index is 0.269. The van der Waals surface area contributed by atoms with E-state index < -0.39 is 0 Å². The smallest absolute Gasteiger partial charge is 0.123 e. The van der Waals surface area contributed by atoms with E-state index in [9.17, 15) is 0 Å². The molecule has 1 N–H and O–H groups in total. The van der Waals surface area contributed by atoms with Gasteiger partial charge in [-0.05, 0) is 49.2 Å². The van der Waals surface area contributed by atoms with Gasteiger partial charge in [0.05, 0.1) is 6.61 Å². The van der Waals surface area contributed by atoms with E-state index >= 15 is 0 Å². The lowest BCUT2D eigenvalue weighted by Gasteiger charge is -2.16. The number of hydrogen-bond acceptors (Lipinski definition) is 3. The Kier molecular flexibility index (Phi) is 6.21.